The van der Waals surface area contributed by atoms with Gasteiger partial charge in [0.2, 0.25) is 0 Å². The Morgan fingerprint density at radius 3 is 2.54 bits per heavy atom. The summed E-state index contributed by atoms with van der Waals surface area (Å²) in [7, 11) is 0. The predicted molar refractivity (Wildman–Crippen MR) is 50.2 cm³/mol. The molecule has 2 atom stereocenters. The van der Waals surface area contributed by atoms with Crippen LogP contribution < -0.4 is 0 Å². The smallest absolute Gasteiger partial charge is 0.164 e. The minimum absolute atomic E-state index is 0.0180. The summed E-state index contributed by atoms with van der Waals surface area (Å²) in [5.74, 6) is -0.566. The Hall–Kier alpha value is -0.640. The van der Waals surface area contributed by atoms with Crippen LogP contribution in [0.25, 0.3) is 0 Å². The molecule has 1 heterocycles. The topological polar surface area (TPSA) is 38.7 Å². The molecule has 0 aliphatic carbocycles. The Morgan fingerprint density at radius 2 is 2.00 bits per heavy atom. The molecule has 1 aliphatic heterocycles. The van der Waals surface area contributed by atoms with Crippen LogP contribution >= 0.6 is 0 Å². The maximum absolute atomic E-state index is 8.61. The molecule has 0 amide bonds. The third-order valence-corrected chi connectivity index (χ3v) is 1.83. The Bertz CT molecular complexity index is 208. The molecule has 3 nitrogen and oxygen atoms in total. The van der Waals surface area contributed by atoms with Crippen LogP contribution in [0.4, 0.5) is 0 Å². The van der Waals surface area contributed by atoms with E-state index in [1.165, 1.54) is 0 Å². The van der Waals surface area contributed by atoms with Gasteiger partial charge in [-0.3, -0.25) is 0 Å². The largest absolute Gasteiger partial charge is 0.392 e. The van der Waals surface area contributed by atoms with Crippen LogP contribution in [-0.4, -0.2) is 29.7 Å². The van der Waals surface area contributed by atoms with E-state index in [1.807, 2.05) is 13.8 Å². The second kappa shape index (κ2) is 4.05. The summed E-state index contributed by atoms with van der Waals surface area (Å²) in [5, 5.41) is 8.61. The van der Waals surface area contributed by atoms with Gasteiger partial charge in [-0.1, -0.05) is 18.2 Å². The van der Waals surface area contributed by atoms with Gasteiger partial charge >= 0.3 is 0 Å². The average Bonchev–Trinajstić information content (AvgIpc) is 2.37. The molecular formula is C10H16O3. The lowest BCUT2D eigenvalue weighted by molar-refractivity contribution is -0.138. The van der Waals surface area contributed by atoms with Crippen LogP contribution in [0, 0.1) is 0 Å². The third-order valence-electron chi connectivity index (χ3n) is 1.83. The summed E-state index contributed by atoms with van der Waals surface area (Å²) < 4.78 is 11.1. The number of ether oxygens (including phenoxy) is 2. The molecule has 0 aromatic rings. The summed E-state index contributed by atoms with van der Waals surface area (Å²) >= 11 is 0. The molecule has 0 bridgehead atoms. The number of hydrogen-bond acceptors (Lipinski definition) is 3. The van der Waals surface area contributed by atoms with Gasteiger partial charge < -0.3 is 14.6 Å². The van der Waals surface area contributed by atoms with Crippen LogP contribution in [0.3, 0.4) is 0 Å². The molecular weight excluding hydrogens is 168 g/mol. The minimum atomic E-state index is -0.566. The van der Waals surface area contributed by atoms with Crippen molar-refractivity contribution in [1.82, 2.24) is 0 Å². The Labute approximate surface area is 78.7 Å². The highest BCUT2D eigenvalue weighted by Gasteiger charge is 2.37. The molecule has 1 rings (SSSR count). The van der Waals surface area contributed by atoms with E-state index in [1.54, 1.807) is 18.2 Å². The SMILES string of the molecule is C=CC1OC(C)(C)OC1/C=C/CO. The highest BCUT2D eigenvalue weighted by atomic mass is 16.7. The monoisotopic (exact) mass is 184 g/mol. The summed E-state index contributed by atoms with van der Waals surface area (Å²) in [6.45, 7) is 7.40. The van der Waals surface area contributed by atoms with Gasteiger partial charge in [0.15, 0.2) is 5.79 Å². The van der Waals surface area contributed by atoms with E-state index in [4.69, 9.17) is 14.6 Å². The van der Waals surface area contributed by atoms with E-state index in [9.17, 15) is 0 Å². The number of aliphatic hydroxyl groups is 1. The summed E-state index contributed by atoms with van der Waals surface area (Å²) in [4.78, 5) is 0. The van der Waals surface area contributed by atoms with Gasteiger partial charge in [-0.25, -0.2) is 0 Å². The first kappa shape index (κ1) is 10.4. The Morgan fingerprint density at radius 1 is 1.38 bits per heavy atom. The lowest BCUT2D eigenvalue weighted by Crippen LogP contribution is -2.20. The minimum Gasteiger partial charge on any atom is -0.392 e. The van der Waals surface area contributed by atoms with Gasteiger partial charge in [0.1, 0.15) is 12.2 Å². The number of rotatable bonds is 3. The molecule has 0 saturated carbocycles. The number of aliphatic hydroxyl groups excluding tert-OH is 1. The van der Waals surface area contributed by atoms with Crippen molar-refractivity contribution in [3.05, 3.63) is 24.8 Å². The van der Waals surface area contributed by atoms with Gasteiger partial charge in [-0.2, -0.15) is 0 Å². The lowest BCUT2D eigenvalue weighted by Gasteiger charge is -2.15. The fourth-order valence-corrected chi connectivity index (χ4v) is 1.34. The van der Waals surface area contributed by atoms with Crippen molar-refractivity contribution in [2.75, 3.05) is 6.61 Å². The molecule has 74 valence electrons. The first-order valence-electron chi connectivity index (χ1n) is 4.35. The molecule has 2 unspecified atom stereocenters. The number of hydrogen-bond donors (Lipinski definition) is 1. The zero-order valence-electron chi connectivity index (χ0n) is 8.06. The van der Waals surface area contributed by atoms with Crippen molar-refractivity contribution in [3.63, 3.8) is 0 Å². The van der Waals surface area contributed by atoms with Gasteiger partial charge in [0.05, 0.1) is 6.61 Å². The first-order chi connectivity index (χ1) is 6.09. The average molecular weight is 184 g/mol. The maximum Gasteiger partial charge on any atom is 0.164 e. The highest BCUT2D eigenvalue weighted by molar-refractivity contribution is 5.03. The van der Waals surface area contributed by atoms with Crippen LogP contribution in [0.2, 0.25) is 0 Å². The van der Waals surface area contributed by atoms with Crippen LogP contribution in [-0.2, 0) is 9.47 Å². The van der Waals surface area contributed by atoms with Gasteiger partial charge in [-0.15, -0.1) is 6.58 Å². The second-order valence-corrected chi connectivity index (χ2v) is 3.41. The fourth-order valence-electron chi connectivity index (χ4n) is 1.34. The molecule has 1 aliphatic rings. The van der Waals surface area contributed by atoms with Crippen LogP contribution in [0.5, 0.6) is 0 Å². The van der Waals surface area contributed by atoms with Crippen molar-refractivity contribution < 1.29 is 14.6 Å². The first-order valence-corrected chi connectivity index (χ1v) is 4.35. The van der Waals surface area contributed by atoms with Crippen molar-refractivity contribution in [1.29, 1.82) is 0 Å². The van der Waals surface area contributed by atoms with E-state index in [2.05, 4.69) is 6.58 Å². The quantitative estimate of drug-likeness (QED) is 0.671. The summed E-state index contributed by atoms with van der Waals surface area (Å²) in [6.07, 6.45) is 4.88. The van der Waals surface area contributed by atoms with Gasteiger partial charge in [-0.05, 0) is 13.8 Å². The summed E-state index contributed by atoms with van der Waals surface area (Å²) in [5.41, 5.74) is 0. The zero-order chi connectivity index (χ0) is 9.90. The lowest BCUT2D eigenvalue weighted by atomic mass is 10.2. The molecule has 13 heavy (non-hydrogen) atoms. The van der Waals surface area contributed by atoms with Crippen molar-refractivity contribution >= 4 is 0 Å². The third kappa shape index (κ3) is 2.66. The van der Waals surface area contributed by atoms with E-state index in [0.717, 1.165) is 0 Å². The second-order valence-electron chi connectivity index (χ2n) is 3.41. The summed E-state index contributed by atoms with van der Waals surface area (Å²) in [6, 6.07) is 0. The van der Waals surface area contributed by atoms with E-state index in [0.29, 0.717) is 0 Å². The molecule has 1 N–H and O–H groups in total. The van der Waals surface area contributed by atoms with Gasteiger partial charge in [0, 0.05) is 0 Å². The Balaban J connectivity index is 2.63. The molecule has 1 fully saturated rings. The maximum atomic E-state index is 8.61. The van der Waals surface area contributed by atoms with Crippen LogP contribution in [0.15, 0.2) is 24.8 Å². The van der Waals surface area contributed by atoms with E-state index in [-0.39, 0.29) is 18.8 Å². The normalized spacial score (nSPS) is 32.5. The van der Waals surface area contributed by atoms with Gasteiger partial charge in [0.25, 0.3) is 0 Å². The van der Waals surface area contributed by atoms with Crippen molar-refractivity contribution in [2.45, 2.75) is 31.8 Å². The van der Waals surface area contributed by atoms with Crippen molar-refractivity contribution in [3.8, 4) is 0 Å². The molecule has 0 aromatic heterocycles. The zero-order valence-corrected chi connectivity index (χ0v) is 8.06. The fraction of sp³-hybridized carbons (Fsp3) is 0.600. The Kier molecular flexibility index (Phi) is 3.25. The molecule has 0 aromatic carbocycles. The molecule has 0 spiro atoms. The highest BCUT2D eigenvalue weighted by Crippen LogP contribution is 2.29. The van der Waals surface area contributed by atoms with Crippen LogP contribution in [0.1, 0.15) is 13.8 Å². The molecule has 1 saturated heterocycles. The molecule has 3 heteroatoms. The van der Waals surface area contributed by atoms with E-state index < -0.39 is 5.79 Å². The predicted octanol–water partition coefficient (Wildman–Crippen LogP) is 1.24. The van der Waals surface area contributed by atoms with Crippen molar-refractivity contribution in [2.24, 2.45) is 0 Å². The molecule has 0 radical (unpaired) electrons. The standard InChI is InChI=1S/C10H16O3/c1-4-8-9(6-5-7-11)13-10(2,3)12-8/h4-6,8-9,11H,1,7H2,2-3H3/b6-5+. The van der Waals surface area contributed by atoms with E-state index >= 15 is 0 Å².